The van der Waals surface area contributed by atoms with Crippen LogP contribution in [-0.4, -0.2) is 36.1 Å². The molecule has 1 aromatic heterocycles. The van der Waals surface area contributed by atoms with Crippen LogP contribution in [0.3, 0.4) is 0 Å². The second-order valence-electron chi connectivity index (χ2n) is 5.11. The summed E-state index contributed by atoms with van der Waals surface area (Å²) in [5, 5.41) is 4.76. The van der Waals surface area contributed by atoms with Gasteiger partial charge >= 0.3 is 0 Å². The van der Waals surface area contributed by atoms with Gasteiger partial charge in [-0.25, -0.2) is 0 Å². The fourth-order valence-electron chi connectivity index (χ4n) is 3.02. The molecule has 1 aromatic carbocycles. The van der Waals surface area contributed by atoms with Crippen LogP contribution in [0.4, 0.5) is 0 Å². The van der Waals surface area contributed by atoms with Crippen LogP contribution in [0.5, 0.6) is 0 Å². The summed E-state index contributed by atoms with van der Waals surface area (Å²) < 4.78 is 0. The molecular weight excluding hydrogens is 305 g/mol. The summed E-state index contributed by atoms with van der Waals surface area (Å²) in [4.78, 5) is 5.87. The molecule has 1 aliphatic heterocycles. The Morgan fingerprint density at radius 3 is 2.67 bits per heavy atom. The molecular formula is C16H23Cl2N3. The third-order valence-electron chi connectivity index (χ3n) is 3.97. The van der Waals surface area contributed by atoms with Crippen molar-refractivity contribution in [2.45, 2.75) is 12.5 Å². The number of rotatable bonds is 4. The second-order valence-corrected chi connectivity index (χ2v) is 5.11. The van der Waals surface area contributed by atoms with Crippen LogP contribution < -0.4 is 5.32 Å². The molecule has 1 fully saturated rings. The molecule has 0 radical (unpaired) electrons. The van der Waals surface area contributed by atoms with Crippen LogP contribution >= 0.6 is 24.8 Å². The van der Waals surface area contributed by atoms with Gasteiger partial charge in [-0.05, 0) is 24.1 Å². The number of piperazine rings is 1. The van der Waals surface area contributed by atoms with E-state index in [0.717, 1.165) is 32.6 Å². The van der Waals surface area contributed by atoms with Crippen LogP contribution in [0, 0.1) is 0 Å². The number of aromatic amines is 1. The molecule has 21 heavy (non-hydrogen) atoms. The zero-order chi connectivity index (χ0) is 13.1. The highest BCUT2D eigenvalue weighted by Gasteiger charge is 2.22. The molecule has 5 heteroatoms. The van der Waals surface area contributed by atoms with Crippen molar-refractivity contribution in [2.24, 2.45) is 0 Å². The first kappa shape index (κ1) is 18.1. The van der Waals surface area contributed by atoms with Gasteiger partial charge in [0.1, 0.15) is 0 Å². The van der Waals surface area contributed by atoms with Crippen LogP contribution in [0.25, 0.3) is 10.9 Å². The second kappa shape index (κ2) is 8.44. The number of hydrogen-bond donors (Lipinski definition) is 2. The minimum atomic E-state index is 0. The molecule has 3 rings (SSSR count). The quantitative estimate of drug-likeness (QED) is 0.841. The van der Waals surface area contributed by atoms with Crippen molar-refractivity contribution in [1.29, 1.82) is 0 Å². The van der Waals surface area contributed by atoms with E-state index in [-0.39, 0.29) is 24.8 Å². The van der Waals surface area contributed by atoms with Crippen LogP contribution in [0.2, 0.25) is 0 Å². The predicted molar refractivity (Wildman–Crippen MR) is 94.8 cm³/mol. The maximum absolute atomic E-state index is 3.94. The van der Waals surface area contributed by atoms with Crippen molar-refractivity contribution in [3.05, 3.63) is 48.7 Å². The first-order valence-corrected chi connectivity index (χ1v) is 7.02. The van der Waals surface area contributed by atoms with Gasteiger partial charge in [0.2, 0.25) is 0 Å². The number of halogens is 2. The maximum atomic E-state index is 3.94. The summed E-state index contributed by atoms with van der Waals surface area (Å²) in [5.41, 5.74) is 2.64. The van der Waals surface area contributed by atoms with E-state index in [2.05, 4.69) is 46.0 Å². The van der Waals surface area contributed by atoms with Crippen molar-refractivity contribution < 1.29 is 0 Å². The van der Waals surface area contributed by atoms with Gasteiger partial charge in [-0.15, -0.1) is 31.4 Å². The first-order chi connectivity index (χ1) is 9.40. The Morgan fingerprint density at radius 2 is 1.95 bits per heavy atom. The molecule has 2 N–H and O–H groups in total. The van der Waals surface area contributed by atoms with Gasteiger partial charge in [-0.1, -0.05) is 18.2 Å². The lowest BCUT2D eigenvalue weighted by Gasteiger charge is -2.35. The van der Waals surface area contributed by atoms with E-state index in [4.69, 9.17) is 0 Å². The average Bonchev–Trinajstić information content (AvgIpc) is 2.94. The van der Waals surface area contributed by atoms with Gasteiger partial charge in [0.15, 0.2) is 0 Å². The zero-order valence-electron chi connectivity index (χ0n) is 12.0. The Kier molecular flexibility index (Phi) is 7.26. The highest BCUT2D eigenvalue weighted by molar-refractivity contribution is 5.85. The monoisotopic (exact) mass is 327 g/mol. The molecule has 1 saturated heterocycles. The fraction of sp³-hybridized carbons (Fsp3) is 0.375. The van der Waals surface area contributed by atoms with Crippen molar-refractivity contribution in [3.63, 3.8) is 0 Å². The lowest BCUT2D eigenvalue weighted by molar-refractivity contribution is 0.175. The Labute approximate surface area is 138 Å². The van der Waals surface area contributed by atoms with Crippen LogP contribution in [-0.2, 0) is 0 Å². The normalized spacial score (nSPS) is 16.8. The fourth-order valence-corrected chi connectivity index (χ4v) is 3.02. The van der Waals surface area contributed by atoms with Crippen molar-refractivity contribution in [3.8, 4) is 0 Å². The van der Waals surface area contributed by atoms with Crippen LogP contribution in [0.1, 0.15) is 18.0 Å². The minimum absolute atomic E-state index is 0. The van der Waals surface area contributed by atoms with Gasteiger partial charge in [0, 0.05) is 49.3 Å². The maximum Gasteiger partial charge on any atom is 0.0457 e. The summed E-state index contributed by atoms with van der Waals surface area (Å²) in [7, 11) is 0. The largest absolute Gasteiger partial charge is 0.361 e. The summed E-state index contributed by atoms with van der Waals surface area (Å²) in [6.45, 7) is 8.32. The van der Waals surface area contributed by atoms with E-state index in [1.807, 2.05) is 12.3 Å². The number of hydrogen-bond acceptors (Lipinski definition) is 2. The number of H-pyrrole nitrogens is 1. The van der Waals surface area contributed by atoms with Gasteiger partial charge in [-0.2, -0.15) is 0 Å². The molecule has 2 aromatic rings. The van der Waals surface area contributed by atoms with Gasteiger partial charge < -0.3 is 10.3 Å². The smallest absolute Gasteiger partial charge is 0.0457 e. The van der Waals surface area contributed by atoms with E-state index in [1.54, 1.807) is 0 Å². The van der Waals surface area contributed by atoms with E-state index < -0.39 is 0 Å². The number of aromatic nitrogens is 1. The Morgan fingerprint density at radius 1 is 1.19 bits per heavy atom. The molecule has 1 aliphatic rings. The van der Waals surface area contributed by atoms with Gasteiger partial charge in [-0.3, -0.25) is 4.90 Å². The highest BCUT2D eigenvalue weighted by atomic mass is 35.5. The Bertz CT molecular complexity index is 561. The lowest BCUT2D eigenvalue weighted by atomic mass is 9.97. The zero-order valence-corrected chi connectivity index (χ0v) is 13.7. The highest BCUT2D eigenvalue weighted by Crippen LogP contribution is 2.30. The number of benzene rings is 1. The molecule has 0 spiro atoms. The van der Waals surface area contributed by atoms with Crippen molar-refractivity contribution >= 4 is 35.7 Å². The van der Waals surface area contributed by atoms with Crippen LogP contribution in [0.15, 0.2) is 43.1 Å². The van der Waals surface area contributed by atoms with Crippen molar-refractivity contribution in [1.82, 2.24) is 15.2 Å². The van der Waals surface area contributed by atoms with E-state index in [1.165, 1.54) is 16.5 Å². The SMILES string of the molecule is C=CC[C@H](c1cccc2[nH]ccc12)N1CCNCC1.Cl.Cl. The Balaban J connectivity index is 0.00000110. The number of nitrogens with one attached hydrogen (secondary N) is 2. The molecule has 0 amide bonds. The first-order valence-electron chi connectivity index (χ1n) is 7.02. The summed E-state index contributed by atoms with van der Waals surface area (Å²) in [5.74, 6) is 0. The van der Waals surface area contributed by atoms with Gasteiger partial charge in [0.05, 0.1) is 0 Å². The number of fused-ring (bicyclic) bond motifs is 1. The molecule has 2 heterocycles. The molecule has 3 nitrogen and oxygen atoms in total. The molecule has 0 saturated carbocycles. The topological polar surface area (TPSA) is 31.1 Å². The van der Waals surface area contributed by atoms with E-state index in [9.17, 15) is 0 Å². The minimum Gasteiger partial charge on any atom is -0.361 e. The predicted octanol–water partition coefficient (Wildman–Crippen LogP) is 3.53. The lowest BCUT2D eigenvalue weighted by Crippen LogP contribution is -2.45. The van der Waals surface area contributed by atoms with Gasteiger partial charge in [0.25, 0.3) is 0 Å². The molecule has 0 bridgehead atoms. The van der Waals surface area contributed by atoms with E-state index in [0.29, 0.717) is 6.04 Å². The third kappa shape index (κ3) is 3.80. The standard InChI is InChI=1S/C16H21N3.2ClH/c1-2-4-16(19-11-9-17-10-12-19)14-5-3-6-15-13(14)7-8-18-15;;/h2-3,5-8,16-18H,1,4,9-12H2;2*1H/t16-;;/m1../s1. The summed E-state index contributed by atoms with van der Waals surface area (Å²) >= 11 is 0. The Hall–Kier alpha value is -1.00. The number of nitrogens with zero attached hydrogens (tertiary/aromatic N) is 1. The van der Waals surface area contributed by atoms with Crippen molar-refractivity contribution in [2.75, 3.05) is 26.2 Å². The molecule has 0 unspecified atom stereocenters. The summed E-state index contributed by atoms with van der Waals surface area (Å²) in [6.07, 6.45) is 5.07. The molecule has 0 aliphatic carbocycles. The average molecular weight is 328 g/mol. The molecule has 1 atom stereocenters. The molecule has 116 valence electrons. The van der Waals surface area contributed by atoms with E-state index >= 15 is 0 Å². The summed E-state index contributed by atoms with van der Waals surface area (Å²) in [6, 6.07) is 9.17. The third-order valence-corrected chi connectivity index (χ3v) is 3.97.